The van der Waals surface area contributed by atoms with Crippen LogP contribution in [0.5, 0.6) is 0 Å². The predicted molar refractivity (Wildman–Crippen MR) is 83.4 cm³/mol. The number of amides is 1. The Bertz CT molecular complexity index is 552. The van der Waals surface area contributed by atoms with Gasteiger partial charge in [-0.3, -0.25) is 4.79 Å². The van der Waals surface area contributed by atoms with Crippen LogP contribution in [0.2, 0.25) is 0 Å². The lowest BCUT2D eigenvalue weighted by molar-refractivity contribution is -0.157. The van der Waals surface area contributed by atoms with E-state index in [-0.39, 0.29) is 5.91 Å². The van der Waals surface area contributed by atoms with Crippen molar-refractivity contribution in [2.75, 3.05) is 11.9 Å². The van der Waals surface area contributed by atoms with Crippen LogP contribution in [0.15, 0.2) is 18.2 Å². The van der Waals surface area contributed by atoms with Crippen LogP contribution >= 0.6 is 0 Å². The minimum atomic E-state index is -0.375. The second kappa shape index (κ2) is 5.34. The first-order chi connectivity index (χ1) is 10.1. The number of primary amides is 1. The maximum absolute atomic E-state index is 11.2. The van der Waals surface area contributed by atoms with Gasteiger partial charge in [-0.15, -0.1) is 0 Å². The standard InChI is InChI=1S/C17H24N2O2/c1-3-21-15-10-14(17(15)7-4-8-17)19-13-6-5-12(16(18)20)9-11(13)2/h5-6,9,14-15,19H,3-4,7-8,10H2,1-2H3,(H2,18,20). The molecule has 0 aromatic heterocycles. The highest BCUT2D eigenvalue weighted by Gasteiger charge is 2.58. The number of hydrogen-bond donors (Lipinski definition) is 2. The molecule has 3 rings (SSSR count). The first-order valence-corrected chi connectivity index (χ1v) is 7.85. The lowest BCUT2D eigenvalue weighted by atomic mass is 9.51. The van der Waals surface area contributed by atoms with E-state index < -0.39 is 0 Å². The van der Waals surface area contributed by atoms with Crippen LogP contribution in [0.25, 0.3) is 0 Å². The predicted octanol–water partition coefficient (Wildman–Crippen LogP) is 2.85. The van der Waals surface area contributed by atoms with Crippen molar-refractivity contribution in [3.05, 3.63) is 29.3 Å². The lowest BCUT2D eigenvalue weighted by Crippen LogP contribution is -2.64. The molecule has 21 heavy (non-hydrogen) atoms. The van der Waals surface area contributed by atoms with Gasteiger partial charge >= 0.3 is 0 Å². The van der Waals surface area contributed by atoms with Gasteiger partial charge in [0, 0.05) is 29.3 Å². The number of carbonyl (C=O) groups excluding carboxylic acids is 1. The summed E-state index contributed by atoms with van der Waals surface area (Å²) in [6.45, 7) is 4.88. The van der Waals surface area contributed by atoms with Crippen molar-refractivity contribution in [3.63, 3.8) is 0 Å². The molecule has 1 aromatic carbocycles. The van der Waals surface area contributed by atoms with E-state index >= 15 is 0 Å². The molecule has 4 nitrogen and oxygen atoms in total. The van der Waals surface area contributed by atoms with Crippen molar-refractivity contribution in [2.45, 2.75) is 51.7 Å². The van der Waals surface area contributed by atoms with E-state index in [2.05, 4.69) is 12.2 Å². The molecule has 0 radical (unpaired) electrons. The largest absolute Gasteiger partial charge is 0.381 e. The molecule has 1 spiro atoms. The van der Waals surface area contributed by atoms with Gasteiger partial charge in [0.2, 0.25) is 5.91 Å². The van der Waals surface area contributed by atoms with Crippen LogP contribution < -0.4 is 11.1 Å². The fourth-order valence-electron chi connectivity index (χ4n) is 3.81. The second-order valence-electron chi connectivity index (χ2n) is 6.36. The Hall–Kier alpha value is -1.55. The second-order valence-corrected chi connectivity index (χ2v) is 6.36. The smallest absolute Gasteiger partial charge is 0.248 e. The third kappa shape index (κ3) is 2.31. The Morgan fingerprint density at radius 1 is 1.48 bits per heavy atom. The lowest BCUT2D eigenvalue weighted by Gasteiger charge is -2.61. The van der Waals surface area contributed by atoms with Crippen molar-refractivity contribution >= 4 is 11.6 Å². The van der Waals surface area contributed by atoms with Gasteiger partial charge in [0.1, 0.15) is 0 Å². The number of rotatable bonds is 5. The van der Waals surface area contributed by atoms with Gasteiger partial charge < -0.3 is 15.8 Å². The Labute approximate surface area is 126 Å². The summed E-state index contributed by atoms with van der Waals surface area (Å²) < 4.78 is 5.88. The maximum atomic E-state index is 11.2. The molecular formula is C17H24N2O2. The van der Waals surface area contributed by atoms with Gasteiger partial charge in [-0.2, -0.15) is 0 Å². The molecule has 114 valence electrons. The third-order valence-corrected chi connectivity index (χ3v) is 5.28. The molecule has 2 aliphatic rings. The quantitative estimate of drug-likeness (QED) is 0.875. The van der Waals surface area contributed by atoms with Crippen molar-refractivity contribution in [1.29, 1.82) is 0 Å². The summed E-state index contributed by atoms with van der Waals surface area (Å²) in [6.07, 6.45) is 5.31. The van der Waals surface area contributed by atoms with Crippen LogP contribution in [0.4, 0.5) is 5.69 Å². The number of benzene rings is 1. The van der Waals surface area contributed by atoms with Gasteiger partial charge in [0.05, 0.1) is 6.10 Å². The monoisotopic (exact) mass is 288 g/mol. The average Bonchev–Trinajstić information content (AvgIpc) is 2.37. The summed E-state index contributed by atoms with van der Waals surface area (Å²) in [5.41, 5.74) is 8.40. The van der Waals surface area contributed by atoms with E-state index in [1.54, 1.807) is 6.07 Å². The molecule has 0 aliphatic heterocycles. The van der Waals surface area contributed by atoms with Gasteiger partial charge in [0.25, 0.3) is 0 Å². The number of hydrogen-bond acceptors (Lipinski definition) is 3. The van der Waals surface area contributed by atoms with Gasteiger partial charge in [-0.1, -0.05) is 6.42 Å². The van der Waals surface area contributed by atoms with E-state index in [0.717, 1.165) is 24.3 Å². The summed E-state index contributed by atoms with van der Waals surface area (Å²) in [4.78, 5) is 11.2. The summed E-state index contributed by atoms with van der Waals surface area (Å²) in [6, 6.07) is 6.11. The van der Waals surface area contributed by atoms with Crippen molar-refractivity contribution in [2.24, 2.45) is 11.1 Å². The molecule has 2 fully saturated rings. The minimum absolute atomic E-state index is 0.338. The highest BCUT2D eigenvalue weighted by molar-refractivity contribution is 5.93. The third-order valence-electron chi connectivity index (χ3n) is 5.28. The zero-order chi connectivity index (χ0) is 15.0. The van der Waals surface area contributed by atoms with Crippen molar-refractivity contribution in [1.82, 2.24) is 0 Å². The number of ether oxygens (including phenoxy) is 1. The number of aryl methyl sites for hydroxylation is 1. The number of carbonyl (C=O) groups is 1. The van der Waals surface area contributed by atoms with Crippen molar-refractivity contribution < 1.29 is 9.53 Å². The van der Waals surface area contributed by atoms with Crippen LogP contribution in [0.3, 0.4) is 0 Å². The molecule has 0 heterocycles. The fraction of sp³-hybridized carbons (Fsp3) is 0.588. The van der Waals surface area contributed by atoms with Gasteiger partial charge in [0.15, 0.2) is 0 Å². The molecule has 2 saturated carbocycles. The molecule has 1 amide bonds. The van der Waals surface area contributed by atoms with Crippen LogP contribution in [0, 0.1) is 12.3 Å². The zero-order valence-corrected chi connectivity index (χ0v) is 12.8. The molecule has 2 atom stereocenters. The minimum Gasteiger partial charge on any atom is -0.381 e. The molecule has 3 N–H and O–H groups in total. The first kappa shape index (κ1) is 14.4. The molecule has 4 heteroatoms. The average molecular weight is 288 g/mol. The van der Waals surface area contributed by atoms with E-state index in [1.807, 2.05) is 19.1 Å². The summed E-state index contributed by atoms with van der Waals surface area (Å²) in [7, 11) is 0. The number of anilines is 1. The zero-order valence-electron chi connectivity index (χ0n) is 12.8. The normalized spacial score (nSPS) is 26.0. The Morgan fingerprint density at radius 3 is 2.76 bits per heavy atom. The van der Waals surface area contributed by atoms with Crippen LogP contribution in [0.1, 0.15) is 48.5 Å². The molecule has 1 aromatic rings. The highest BCUT2D eigenvalue weighted by Crippen LogP contribution is 2.58. The molecule has 2 unspecified atom stereocenters. The topological polar surface area (TPSA) is 64.3 Å². The van der Waals surface area contributed by atoms with Crippen LogP contribution in [-0.2, 0) is 4.74 Å². The summed E-state index contributed by atoms with van der Waals surface area (Å²) in [5, 5.41) is 3.66. The molecule has 0 bridgehead atoms. The van der Waals surface area contributed by atoms with Gasteiger partial charge in [-0.25, -0.2) is 0 Å². The number of nitrogens with one attached hydrogen (secondary N) is 1. The SMILES string of the molecule is CCOC1CC(Nc2ccc(C(N)=O)cc2C)C12CCC2. The molecular weight excluding hydrogens is 264 g/mol. The van der Waals surface area contributed by atoms with E-state index in [4.69, 9.17) is 10.5 Å². The Kier molecular flexibility index (Phi) is 3.66. The summed E-state index contributed by atoms with van der Waals surface area (Å²) in [5.74, 6) is -0.375. The van der Waals surface area contributed by atoms with Crippen molar-refractivity contribution in [3.8, 4) is 0 Å². The first-order valence-electron chi connectivity index (χ1n) is 7.85. The van der Waals surface area contributed by atoms with E-state index in [0.29, 0.717) is 23.1 Å². The summed E-state index contributed by atoms with van der Waals surface area (Å²) >= 11 is 0. The van der Waals surface area contributed by atoms with E-state index in [9.17, 15) is 4.79 Å². The Balaban J connectivity index is 1.71. The fourth-order valence-corrected chi connectivity index (χ4v) is 3.81. The van der Waals surface area contributed by atoms with Crippen LogP contribution in [-0.4, -0.2) is 24.7 Å². The maximum Gasteiger partial charge on any atom is 0.248 e. The Morgan fingerprint density at radius 2 is 2.24 bits per heavy atom. The molecule has 2 aliphatic carbocycles. The molecule has 0 saturated heterocycles. The highest BCUT2D eigenvalue weighted by atomic mass is 16.5. The van der Waals surface area contributed by atoms with Gasteiger partial charge in [-0.05, 0) is 56.9 Å². The van der Waals surface area contributed by atoms with E-state index in [1.165, 1.54) is 19.3 Å². The number of nitrogens with two attached hydrogens (primary N) is 1.